The average molecular weight is 226 g/mol. The molecule has 1 aromatic rings. The highest BCUT2D eigenvalue weighted by Gasteiger charge is 1.88. The molecule has 0 bridgehead atoms. The number of benzene rings is 1. The van der Waals surface area contributed by atoms with Gasteiger partial charge in [-0.3, -0.25) is 0 Å². The summed E-state index contributed by atoms with van der Waals surface area (Å²) in [6.07, 6.45) is 2.07. The van der Waals surface area contributed by atoms with Crippen LogP contribution >= 0.6 is 36.6 Å². The second-order valence-corrected chi connectivity index (χ2v) is 2.93. The fourth-order valence-corrected chi connectivity index (χ4v) is 1.17. The average Bonchev–Trinajstić information content (AvgIpc) is 2.05. The van der Waals surface area contributed by atoms with Gasteiger partial charge in [-0.2, -0.15) is 0 Å². The molecule has 70 valence electrons. The van der Waals surface area contributed by atoms with Crippen molar-refractivity contribution in [2.75, 3.05) is 6.26 Å². The van der Waals surface area contributed by atoms with Crippen LogP contribution in [-0.2, 0) is 6.54 Å². The van der Waals surface area contributed by atoms with Gasteiger partial charge in [0, 0.05) is 11.4 Å². The minimum Gasteiger partial charge on any atom is -0.326 e. The van der Waals surface area contributed by atoms with Crippen LogP contribution in [0.2, 0.25) is 0 Å². The van der Waals surface area contributed by atoms with Crippen molar-refractivity contribution >= 4 is 36.6 Å². The zero-order valence-corrected chi connectivity index (χ0v) is 9.27. The SMILES string of the molecule is CSc1ccc(CN)cc1.Cl.Cl. The summed E-state index contributed by atoms with van der Waals surface area (Å²) < 4.78 is 0. The lowest BCUT2D eigenvalue weighted by molar-refractivity contribution is 1.07. The third kappa shape index (κ3) is 4.21. The van der Waals surface area contributed by atoms with E-state index >= 15 is 0 Å². The molecule has 0 radical (unpaired) electrons. The van der Waals surface area contributed by atoms with E-state index in [1.807, 2.05) is 0 Å². The van der Waals surface area contributed by atoms with Gasteiger partial charge in [-0.05, 0) is 24.0 Å². The summed E-state index contributed by atoms with van der Waals surface area (Å²) >= 11 is 1.75. The minimum atomic E-state index is 0. The molecule has 1 nitrogen and oxygen atoms in total. The number of rotatable bonds is 2. The molecule has 0 fully saturated rings. The molecule has 0 aliphatic carbocycles. The third-order valence-electron chi connectivity index (χ3n) is 1.39. The van der Waals surface area contributed by atoms with Crippen molar-refractivity contribution in [3.63, 3.8) is 0 Å². The van der Waals surface area contributed by atoms with Crippen LogP contribution in [0.3, 0.4) is 0 Å². The molecule has 12 heavy (non-hydrogen) atoms. The Kier molecular flexibility index (Phi) is 9.44. The summed E-state index contributed by atoms with van der Waals surface area (Å²) in [5.74, 6) is 0. The minimum absolute atomic E-state index is 0. The molecular weight excluding hydrogens is 213 g/mol. The lowest BCUT2D eigenvalue weighted by Crippen LogP contribution is -1.94. The van der Waals surface area contributed by atoms with Crippen LogP contribution in [0.4, 0.5) is 0 Å². The van der Waals surface area contributed by atoms with Crippen molar-refractivity contribution in [3.05, 3.63) is 29.8 Å². The van der Waals surface area contributed by atoms with Crippen LogP contribution in [0.1, 0.15) is 5.56 Å². The second kappa shape index (κ2) is 7.74. The summed E-state index contributed by atoms with van der Waals surface area (Å²) in [5, 5.41) is 0. The Morgan fingerprint density at radius 3 is 2.00 bits per heavy atom. The highest BCUT2D eigenvalue weighted by Crippen LogP contribution is 2.14. The Balaban J connectivity index is 0. The lowest BCUT2D eigenvalue weighted by atomic mass is 10.2. The van der Waals surface area contributed by atoms with Crippen LogP contribution in [-0.4, -0.2) is 6.26 Å². The first-order chi connectivity index (χ1) is 4.86. The summed E-state index contributed by atoms with van der Waals surface area (Å²) in [7, 11) is 0. The number of hydrogen-bond donors (Lipinski definition) is 1. The molecule has 2 N–H and O–H groups in total. The summed E-state index contributed by atoms with van der Waals surface area (Å²) in [5.41, 5.74) is 6.63. The largest absolute Gasteiger partial charge is 0.326 e. The maximum atomic E-state index is 5.43. The van der Waals surface area contributed by atoms with Gasteiger partial charge in [0.05, 0.1) is 0 Å². The summed E-state index contributed by atoms with van der Waals surface area (Å²) in [6, 6.07) is 8.30. The van der Waals surface area contributed by atoms with Gasteiger partial charge in [0.15, 0.2) is 0 Å². The molecule has 0 saturated heterocycles. The maximum Gasteiger partial charge on any atom is 0.0178 e. The number of nitrogens with two attached hydrogens (primary N) is 1. The van der Waals surface area contributed by atoms with Gasteiger partial charge in [-0.1, -0.05) is 12.1 Å². The highest BCUT2D eigenvalue weighted by atomic mass is 35.5. The van der Waals surface area contributed by atoms with E-state index in [4.69, 9.17) is 5.73 Å². The molecule has 0 atom stereocenters. The van der Waals surface area contributed by atoms with Crippen molar-refractivity contribution < 1.29 is 0 Å². The van der Waals surface area contributed by atoms with Crippen LogP contribution in [0, 0.1) is 0 Å². The molecule has 0 heterocycles. The predicted molar refractivity (Wildman–Crippen MR) is 60.6 cm³/mol. The monoisotopic (exact) mass is 225 g/mol. The Morgan fingerprint density at radius 1 is 1.17 bits per heavy atom. The molecule has 1 aromatic carbocycles. The van der Waals surface area contributed by atoms with Gasteiger partial charge in [-0.25, -0.2) is 0 Å². The molecule has 0 aromatic heterocycles. The standard InChI is InChI=1S/C8H11NS.2ClH/c1-10-8-4-2-7(6-9)3-5-8;;/h2-5H,6,9H2,1H3;2*1H. The molecule has 0 aliphatic heterocycles. The smallest absolute Gasteiger partial charge is 0.0178 e. The summed E-state index contributed by atoms with van der Waals surface area (Å²) in [6.45, 7) is 0.634. The Labute approximate surface area is 89.9 Å². The van der Waals surface area contributed by atoms with Crippen LogP contribution < -0.4 is 5.73 Å². The van der Waals surface area contributed by atoms with E-state index in [1.165, 1.54) is 10.5 Å². The molecule has 0 spiro atoms. The van der Waals surface area contributed by atoms with Crippen molar-refractivity contribution in [2.45, 2.75) is 11.4 Å². The topological polar surface area (TPSA) is 26.0 Å². The quantitative estimate of drug-likeness (QED) is 0.784. The fourth-order valence-electron chi connectivity index (χ4n) is 0.762. The van der Waals surface area contributed by atoms with E-state index in [2.05, 4.69) is 30.5 Å². The summed E-state index contributed by atoms with van der Waals surface area (Å²) in [4.78, 5) is 1.29. The normalized spacial score (nSPS) is 8.17. The van der Waals surface area contributed by atoms with Gasteiger partial charge in [0.2, 0.25) is 0 Å². The first kappa shape index (κ1) is 14.6. The first-order valence-electron chi connectivity index (χ1n) is 3.20. The Morgan fingerprint density at radius 2 is 1.67 bits per heavy atom. The predicted octanol–water partition coefficient (Wildman–Crippen LogP) is 2.71. The van der Waals surface area contributed by atoms with E-state index in [-0.39, 0.29) is 24.8 Å². The second-order valence-electron chi connectivity index (χ2n) is 2.05. The van der Waals surface area contributed by atoms with Crippen LogP contribution in [0.15, 0.2) is 29.2 Å². The van der Waals surface area contributed by atoms with E-state index in [9.17, 15) is 0 Å². The van der Waals surface area contributed by atoms with Crippen molar-refractivity contribution in [1.29, 1.82) is 0 Å². The van der Waals surface area contributed by atoms with E-state index in [0.29, 0.717) is 6.54 Å². The van der Waals surface area contributed by atoms with Gasteiger partial charge < -0.3 is 5.73 Å². The highest BCUT2D eigenvalue weighted by molar-refractivity contribution is 7.98. The van der Waals surface area contributed by atoms with Crippen molar-refractivity contribution in [1.82, 2.24) is 0 Å². The number of thioether (sulfide) groups is 1. The van der Waals surface area contributed by atoms with Gasteiger partial charge >= 0.3 is 0 Å². The molecule has 0 saturated carbocycles. The van der Waals surface area contributed by atoms with E-state index < -0.39 is 0 Å². The van der Waals surface area contributed by atoms with E-state index in [1.54, 1.807) is 11.8 Å². The van der Waals surface area contributed by atoms with Crippen LogP contribution in [0.25, 0.3) is 0 Å². The van der Waals surface area contributed by atoms with Crippen LogP contribution in [0.5, 0.6) is 0 Å². The zero-order chi connectivity index (χ0) is 7.40. The molecule has 0 unspecified atom stereocenters. The third-order valence-corrected chi connectivity index (χ3v) is 2.14. The molecular formula is C8H13Cl2NS. The number of hydrogen-bond acceptors (Lipinski definition) is 2. The zero-order valence-electron chi connectivity index (χ0n) is 6.82. The Bertz CT molecular complexity index is 178. The maximum absolute atomic E-state index is 5.43. The van der Waals surface area contributed by atoms with E-state index in [0.717, 1.165) is 0 Å². The van der Waals surface area contributed by atoms with Gasteiger partial charge in [-0.15, -0.1) is 36.6 Å². The lowest BCUT2D eigenvalue weighted by Gasteiger charge is -1.97. The first-order valence-corrected chi connectivity index (χ1v) is 4.42. The van der Waals surface area contributed by atoms with Crippen molar-refractivity contribution in [3.8, 4) is 0 Å². The fraction of sp³-hybridized carbons (Fsp3) is 0.250. The van der Waals surface area contributed by atoms with Gasteiger partial charge in [0.1, 0.15) is 0 Å². The molecule has 0 aliphatic rings. The molecule has 0 amide bonds. The molecule has 1 rings (SSSR count). The van der Waals surface area contributed by atoms with Gasteiger partial charge in [0.25, 0.3) is 0 Å². The van der Waals surface area contributed by atoms with Crippen molar-refractivity contribution in [2.24, 2.45) is 5.73 Å². The number of halogens is 2. The molecule has 4 heteroatoms. The Hall–Kier alpha value is 0.110.